The first-order chi connectivity index (χ1) is 5.93. The van der Waals surface area contributed by atoms with Gasteiger partial charge >= 0.3 is 0 Å². The van der Waals surface area contributed by atoms with E-state index in [4.69, 9.17) is 0 Å². The minimum atomic E-state index is 0.352. The molecule has 0 aromatic heterocycles. The SMILES string of the molecule is CC(C)C1=C(C(C)(C)C)CCC=C1. The van der Waals surface area contributed by atoms with Gasteiger partial charge in [-0.2, -0.15) is 0 Å². The van der Waals surface area contributed by atoms with Crippen LogP contribution < -0.4 is 0 Å². The first-order valence-electron chi connectivity index (χ1n) is 5.33. The molecule has 0 saturated carbocycles. The third-order valence-electron chi connectivity index (χ3n) is 2.73. The summed E-state index contributed by atoms with van der Waals surface area (Å²) < 4.78 is 0. The molecule has 1 aliphatic rings. The van der Waals surface area contributed by atoms with Crippen molar-refractivity contribution in [1.29, 1.82) is 0 Å². The monoisotopic (exact) mass is 178 g/mol. The van der Waals surface area contributed by atoms with E-state index < -0.39 is 0 Å². The van der Waals surface area contributed by atoms with Crippen LogP contribution in [0, 0.1) is 11.3 Å². The summed E-state index contributed by atoms with van der Waals surface area (Å²) in [6.45, 7) is 11.5. The number of hydrogen-bond donors (Lipinski definition) is 0. The average Bonchev–Trinajstić information content (AvgIpc) is 2.03. The lowest BCUT2D eigenvalue weighted by atomic mass is 9.76. The topological polar surface area (TPSA) is 0 Å². The van der Waals surface area contributed by atoms with E-state index in [1.165, 1.54) is 12.8 Å². The van der Waals surface area contributed by atoms with Crippen molar-refractivity contribution in [3.8, 4) is 0 Å². The van der Waals surface area contributed by atoms with E-state index in [0.717, 1.165) is 0 Å². The van der Waals surface area contributed by atoms with Gasteiger partial charge in [0.15, 0.2) is 0 Å². The van der Waals surface area contributed by atoms with Crippen LogP contribution in [-0.4, -0.2) is 0 Å². The van der Waals surface area contributed by atoms with E-state index in [1.807, 2.05) is 0 Å². The summed E-state index contributed by atoms with van der Waals surface area (Å²) in [5, 5.41) is 0. The minimum Gasteiger partial charge on any atom is -0.0839 e. The smallest absolute Gasteiger partial charge is 0.0167 e. The van der Waals surface area contributed by atoms with Crippen LogP contribution in [0.4, 0.5) is 0 Å². The molecule has 0 saturated heterocycles. The summed E-state index contributed by atoms with van der Waals surface area (Å²) in [5.74, 6) is 0.672. The molecule has 0 nitrogen and oxygen atoms in total. The summed E-state index contributed by atoms with van der Waals surface area (Å²) in [6.07, 6.45) is 7.12. The number of hydrogen-bond acceptors (Lipinski definition) is 0. The van der Waals surface area contributed by atoms with Crippen molar-refractivity contribution >= 4 is 0 Å². The van der Waals surface area contributed by atoms with Crippen molar-refractivity contribution in [3.63, 3.8) is 0 Å². The van der Waals surface area contributed by atoms with Crippen molar-refractivity contribution in [2.24, 2.45) is 11.3 Å². The summed E-state index contributed by atoms with van der Waals surface area (Å²) in [5.41, 5.74) is 3.58. The Balaban J connectivity index is 3.05. The standard InChI is InChI=1S/C13H22/c1-10(2)11-8-6-7-9-12(11)13(3,4)5/h6,8,10H,7,9H2,1-5H3. The van der Waals surface area contributed by atoms with Crippen molar-refractivity contribution < 1.29 is 0 Å². The van der Waals surface area contributed by atoms with Crippen molar-refractivity contribution in [2.45, 2.75) is 47.5 Å². The van der Waals surface area contributed by atoms with Gasteiger partial charge in [0.05, 0.1) is 0 Å². The summed E-state index contributed by atoms with van der Waals surface area (Å²) in [7, 11) is 0. The average molecular weight is 178 g/mol. The van der Waals surface area contributed by atoms with Crippen LogP contribution in [-0.2, 0) is 0 Å². The molecule has 1 rings (SSSR count). The Hall–Kier alpha value is -0.520. The molecule has 0 heterocycles. The van der Waals surface area contributed by atoms with E-state index in [-0.39, 0.29) is 0 Å². The Bertz CT molecular complexity index is 233. The Morgan fingerprint density at radius 3 is 2.23 bits per heavy atom. The minimum absolute atomic E-state index is 0.352. The van der Waals surface area contributed by atoms with Crippen molar-refractivity contribution in [2.75, 3.05) is 0 Å². The fourth-order valence-corrected chi connectivity index (χ4v) is 2.03. The molecule has 0 heteroatoms. The van der Waals surface area contributed by atoms with Crippen LogP contribution in [0.1, 0.15) is 47.5 Å². The molecule has 0 bridgehead atoms. The second-order valence-electron chi connectivity index (χ2n) is 5.28. The van der Waals surface area contributed by atoms with Crippen molar-refractivity contribution in [3.05, 3.63) is 23.3 Å². The first kappa shape index (κ1) is 10.6. The Morgan fingerprint density at radius 2 is 1.85 bits per heavy atom. The van der Waals surface area contributed by atoms with Gasteiger partial charge in [-0.1, -0.05) is 52.3 Å². The molecule has 0 aromatic rings. The zero-order chi connectivity index (χ0) is 10.1. The van der Waals surface area contributed by atoms with Gasteiger partial charge in [0.1, 0.15) is 0 Å². The highest BCUT2D eigenvalue weighted by Gasteiger charge is 2.22. The maximum Gasteiger partial charge on any atom is -0.0167 e. The zero-order valence-electron chi connectivity index (χ0n) is 9.65. The highest BCUT2D eigenvalue weighted by atomic mass is 14.3. The zero-order valence-corrected chi connectivity index (χ0v) is 9.65. The Kier molecular flexibility index (Phi) is 3.00. The lowest BCUT2D eigenvalue weighted by molar-refractivity contribution is 0.468. The van der Waals surface area contributed by atoms with Gasteiger partial charge in [-0.05, 0) is 29.7 Å². The predicted molar refractivity (Wildman–Crippen MR) is 59.7 cm³/mol. The molecular weight excluding hydrogens is 156 g/mol. The van der Waals surface area contributed by atoms with Gasteiger partial charge < -0.3 is 0 Å². The fraction of sp³-hybridized carbons (Fsp3) is 0.692. The lowest BCUT2D eigenvalue weighted by Crippen LogP contribution is -2.15. The molecule has 0 fully saturated rings. The molecule has 0 amide bonds. The third-order valence-corrected chi connectivity index (χ3v) is 2.73. The molecule has 0 unspecified atom stereocenters. The largest absolute Gasteiger partial charge is 0.0839 e. The molecule has 0 aromatic carbocycles. The van der Waals surface area contributed by atoms with Crippen molar-refractivity contribution in [1.82, 2.24) is 0 Å². The molecule has 1 aliphatic carbocycles. The van der Waals surface area contributed by atoms with Crippen LogP contribution in [0.15, 0.2) is 23.3 Å². The highest BCUT2D eigenvalue weighted by molar-refractivity contribution is 5.33. The molecule has 74 valence electrons. The van der Waals surface area contributed by atoms with Crippen LogP contribution in [0.2, 0.25) is 0 Å². The van der Waals surface area contributed by atoms with E-state index >= 15 is 0 Å². The van der Waals surface area contributed by atoms with Gasteiger partial charge in [-0.15, -0.1) is 0 Å². The Labute approximate surface area is 82.7 Å². The molecule has 0 spiro atoms. The number of rotatable bonds is 1. The fourth-order valence-electron chi connectivity index (χ4n) is 2.03. The highest BCUT2D eigenvalue weighted by Crippen LogP contribution is 2.37. The maximum absolute atomic E-state index is 2.33. The molecule has 0 atom stereocenters. The van der Waals surface area contributed by atoms with Crippen LogP contribution in [0.25, 0.3) is 0 Å². The van der Waals surface area contributed by atoms with Gasteiger partial charge in [0, 0.05) is 0 Å². The lowest BCUT2D eigenvalue weighted by Gasteiger charge is -2.29. The third kappa shape index (κ3) is 2.46. The molecule has 0 aliphatic heterocycles. The molecule has 0 radical (unpaired) electrons. The molecular formula is C13H22. The van der Waals surface area contributed by atoms with Gasteiger partial charge in [0.25, 0.3) is 0 Å². The number of allylic oxidation sites excluding steroid dienone is 4. The summed E-state index contributed by atoms with van der Waals surface area (Å²) in [4.78, 5) is 0. The summed E-state index contributed by atoms with van der Waals surface area (Å²) >= 11 is 0. The van der Waals surface area contributed by atoms with E-state index in [9.17, 15) is 0 Å². The second-order valence-corrected chi connectivity index (χ2v) is 5.28. The van der Waals surface area contributed by atoms with Crippen LogP contribution >= 0.6 is 0 Å². The summed E-state index contributed by atoms with van der Waals surface area (Å²) in [6, 6.07) is 0. The molecule has 0 N–H and O–H groups in total. The van der Waals surface area contributed by atoms with E-state index in [0.29, 0.717) is 11.3 Å². The van der Waals surface area contributed by atoms with Crippen LogP contribution in [0.5, 0.6) is 0 Å². The normalized spacial score (nSPS) is 18.6. The Morgan fingerprint density at radius 1 is 1.23 bits per heavy atom. The van der Waals surface area contributed by atoms with E-state index in [2.05, 4.69) is 46.8 Å². The van der Waals surface area contributed by atoms with Gasteiger partial charge in [-0.25, -0.2) is 0 Å². The van der Waals surface area contributed by atoms with Crippen LogP contribution in [0.3, 0.4) is 0 Å². The quantitative estimate of drug-likeness (QED) is 0.560. The first-order valence-corrected chi connectivity index (χ1v) is 5.33. The maximum atomic E-state index is 2.33. The molecule has 13 heavy (non-hydrogen) atoms. The predicted octanol–water partition coefficient (Wildman–Crippen LogP) is 4.34. The van der Waals surface area contributed by atoms with E-state index in [1.54, 1.807) is 11.1 Å². The van der Waals surface area contributed by atoms with Gasteiger partial charge in [-0.3, -0.25) is 0 Å². The van der Waals surface area contributed by atoms with Gasteiger partial charge in [0.2, 0.25) is 0 Å². The second kappa shape index (κ2) is 3.69.